The Kier molecular flexibility index (Phi) is 4.75. The van der Waals surface area contributed by atoms with Crippen molar-refractivity contribution >= 4 is 0 Å². The zero-order chi connectivity index (χ0) is 13.8. The summed E-state index contributed by atoms with van der Waals surface area (Å²) in [6, 6.07) is 5.16. The van der Waals surface area contributed by atoms with Crippen LogP contribution in [0.1, 0.15) is 50.2 Å². The van der Waals surface area contributed by atoms with Crippen LogP contribution in [0.3, 0.4) is 0 Å². The minimum Gasteiger partial charge on any atom is -0.435 e. The second kappa shape index (κ2) is 6.33. The van der Waals surface area contributed by atoms with Crippen LogP contribution in [0, 0.1) is 0 Å². The molecule has 4 heteroatoms. The van der Waals surface area contributed by atoms with Gasteiger partial charge in [0.15, 0.2) is 0 Å². The van der Waals surface area contributed by atoms with E-state index in [0.717, 1.165) is 24.8 Å². The van der Waals surface area contributed by atoms with Crippen LogP contribution in [-0.4, -0.2) is 12.7 Å². The van der Waals surface area contributed by atoms with Gasteiger partial charge in [0, 0.05) is 5.92 Å². The zero-order valence-corrected chi connectivity index (χ0v) is 11.4. The predicted molar refractivity (Wildman–Crippen MR) is 69.6 cm³/mol. The van der Waals surface area contributed by atoms with E-state index in [2.05, 4.69) is 18.6 Å². The Labute approximate surface area is 112 Å². The number of fused-ring (bicyclic) bond motifs is 1. The Morgan fingerprint density at radius 1 is 1.42 bits per heavy atom. The van der Waals surface area contributed by atoms with Gasteiger partial charge in [-0.1, -0.05) is 32.8 Å². The van der Waals surface area contributed by atoms with Crippen LogP contribution in [0.5, 0.6) is 5.75 Å². The largest absolute Gasteiger partial charge is 0.435 e. The van der Waals surface area contributed by atoms with Gasteiger partial charge in [0.2, 0.25) is 0 Å². The van der Waals surface area contributed by atoms with E-state index in [1.807, 2.05) is 6.07 Å². The van der Waals surface area contributed by atoms with E-state index in [0.29, 0.717) is 12.5 Å². The molecule has 19 heavy (non-hydrogen) atoms. The summed E-state index contributed by atoms with van der Waals surface area (Å²) in [4.78, 5) is 0. The third-order valence-corrected chi connectivity index (χ3v) is 3.68. The fourth-order valence-corrected chi connectivity index (χ4v) is 2.61. The van der Waals surface area contributed by atoms with Crippen LogP contribution in [-0.2, 0) is 11.3 Å². The molecule has 0 saturated heterocycles. The summed E-state index contributed by atoms with van der Waals surface area (Å²) in [5.74, 6) is 0.507. The van der Waals surface area contributed by atoms with Gasteiger partial charge in [-0.2, -0.15) is 8.78 Å². The van der Waals surface area contributed by atoms with E-state index in [1.165, 1.54) is 5.56 Å². The van der Waals surface area contributed by atoms with Crippen molar-refractivity contribution in [3.05, 3.63) is 29.3 Å². The molecule has 0 aliphatic carbocycles. The summed E-state index contributed by atoms with van der Waals surface area (Å²) in [6.07, 6.45) is 3.58. The van der Waals surface area contributed by atoms with E-state index >= 15 is 0 Å². The lowest BCUT2D eigenvalue weighted by atomic mass is 9.87. The van der Waals surface area contributed by atoms with Gasteiger partial charge in [-0.05, 0) is 29.7 Å². The summed E-state index contributed by atoms with van der Waals surface area (Å²) in [6.45, 7) is 1.99. The van der Waals surface area contributed by atoms with Crippen LogP contribution in [0.25, 0.3) is 0 Å². The highest BCUT2D eigenvalue weighted by Crippen LogP contribution is 2.35. The molecule has 1 heterocycles. The molecular formula is C15H20F2O2. The van der Waals surface area contributed by atoms with Crippen molar-refractivity contribution in [2.75, 3.05) is 0 Å². The van der Waals surface area contributed by atoms with Gasteiger partial charge < -0.3 is 9.47 Å². The molecule has 106 valence electrons. The average Bonchev–Trinajstić information content (AvgIpc) is 2.37. The first-order valence-corrected chi connectivity index (χ1v) is 6.81. The SMILES string of the molecule is CCCC[C@@H]1OCc2cc(OC(F)F)ccc2[C@@H]1C. The van der Waals surface area contributed by atoms with Crippen molar-refractivity contribution in [2.45, 2.75) is 58.4 Å². The summed E-state index contributed by atoms with van der Waals surface area (Å²) >= 11 is 0. The highest BCUT2D eigenvalue weighted by Gasteiger charge is 2.26. The van der Waals surface area contributed by atoms with E-state index in [9.17, 15) is 8.78 Å². The summed E-state index contributed by atoms with van der Waals surface area (Å²) < 4.78 is 34.6. The lowest BCUT2D eigenvalue weighted by molar-refractivity contribution is -0.0503. The number of ether oxygens (including phenoxy) is 2. The molecule has 0 N–H and O–H groups in total. The van der Waals surface area contributed by atoms with Crippen LogP contribution in [0.2, 0.25) is 0 Å². The first kappa shape index (κ1) is 14.3. The first-order valence-electron chi connectivity index (χ1n) is 6.81. The third-order valence-electron chi connectivity index (χ3n) is 3.68. The van der Waals surface area contributed by atoms with Gasteiger partial charge in [-0.15, -0.1) is 0 Å². The molecule has 0 fully saturated rings. The smallest absolute Gasteiger partial charge is 0.387 e. The van der Waals surface area contributed by atoms with Crippen molar-refractivity contribution in [2.24, 2.45) is 0 Å². The Hall–Kier alpha value is -1.16. The predicted octanol–water partition coefficient (Wildman–Crippen LogP) is 4.48. The van der Waals surface area contributed by atoms with Crippen molar-refractivity contribution in [1.82, 2.24) is 0 Å². The Bertz CT molecular complexity index is 421. The standard InChI is InChI=1S/C15H20F2O2/c1-3-4-5-14-10(2)13-7-6-12(19-15(16)17)8-11(13)9-18-14/h6-8,10,14-15H,3-5,9H2,1-2H3/t10-,14-/m0/s1. The number of unbranched alkanes of at least 4 members (excludes halogenated alkanes) is 1. The van der Waals surface area contributed by atoms with E-state index < -0.39 is 6.61 Å². The fraction of sp³-hybridized carbons (Fsp3) is 0.600. The molecule has 0 radical (unpaired) electrons. The molecule has 0 unspecified atom stereocenters. The lowest BCUT2D eigenvalue weighted by Crippen LogP contribution is -2.26. The number of hydrogen-bond acceptors (Lipinski definition) is 2. The van der Waals surface area contributed by atoms with E-state index in [1.54, 1.807) is 12.1 Å². The summed E-state index contributed by atoms with van der Waals surface area (Å²) in [5, 5.41) is 0. The lowest BCUT2D eigenvalue weighted by Gasteiger charge is -2.31. The second-order valence-corrected chi connectivity index (χ2v) is 5.02. The number of benzene rings is 1. The molecule has 2 atom stereocenters. The normalized spacial score (nSPS) is 22.4. The van der Waals surface area contributed by atoms with E-state index in [-0.39, 0.29) is 11.9 Å². The molecule has 1 aromatic rings. The summed E-state index contributed by atoms with van der Waals surface area (Å²) in [5.41, 5.74) is 2.15. The Morgan fingerprint density at radius 3 is 2.89 bits per heavy atom. The minimum absolute atomic E-state index is 0.205. The van der Waals surface area contributed by atoms with Crippen molar-refractivity contribution in [1.29, 1.82) is 0 Å². The monoisotopic (exact) mass is 270 g/mol. The maximum atomic E-state index is 12.2. The van der Waals surface area contributed by atoms with Crippen LogP contribution < -0.4 is 4.74 Å². The van der Waals surface area contributed by atoms with Gasteiger partial charge in [-0.25, -0.2) is 0 Å². The highest BCUT2D eigenvalue weighted by atomic mass is 19.3. The molecule has 1 aromatic carbocycles. The fourth-order valence-electron chi connectivity index (χ4n) is 2.61. The van der Waals surface area contributed by atoms with E-state index in [4.69, 9.17) is 4.74 Å². The van der Waals surface area contributed by atoms with Gasteiger partial charge >= 0.3 is 6.61 Å². The molecule has 0 bridgehead atoms. The first-order chi connectivity index (χ1) is 9.11. The third kappa shape index (κ3) is 3.44. The van der Waals surface area contributed by atoms with Crippen LogP contribution in [0.15, 0.2) is 18.2 Å². The highest BCUT2D eigenvalue weighted by molar-refractivity contribution is 5.38. The topological polar surface area (TPSA) is 18.5 Å². The molecule has 2 rings (SSSR count). The van der Waals surface area contributed by atoms with Crippen LogP contribution in [0.4, 0.5) is 8.78 Å². The van der Waals surface area contributed by atoms with Gasteiger partial charge in [0.05, 0.1) is 12.7 Å². The molecule has 0 amide bonds. The quantitative estimate of drug-likeness (QED) is 0.785. The minimum atomic E-state index is -2.78. The molecule has 1 aliphatic rings. The number of rotatable bonds is 5. The van der Waals surface area contributed by atoms with Crippen molar-refractivity contribution in [3.63, 3.8) is 0 Å². The zero-order valence-electron chi connectivity index (χ0n) is 11.4. The summed E-state index contributed by atoms with van der Waals surface area (Å²) in [7, 11) is 0. The van der Waals surface area contributed by atoms with Crippen LogP contribution >= 0.6 is 0 Å². The molecule has 1 aliphatic heterocycles. The average molecular weight is 270 g/mol. The maximum Gasteiger partial charge on any atom is 0.387 e. The Morgan fingerprint density at radius 2 is 2.21 bits per heavy atom. The molecule has 0 aromatic heterocycles. The Balaban J connectivity index is 2.11. The second-order valence-electron chi connectivity index (χ2n) is 5.02. The van der Waals surface area contributed by atoms with Crippen molar-refractivity contribution < 1.29 is 18.3 Å². The maximum absolute atomic E-state index is 12.2. The molecule has 2 nitrogen and oxygen atoms in total. The molecule has 0 saturated carbocycles. The molecule has 0 spiro atoms. The van der Waals surface area contributed by atoms with Gasteiger partial charge in [0.1, 0.15) is 5.75 Å². The van der Waals surface area contributed by atoms with Gasteiger partial charge in [-0.3, -0.25) is 0 Å². The van der Waals surface area contributed by atoms with Crippen molar-refractivity contribution in [3.8, 4) is 5.75 Å². The number of halogens is 2. The number of hydrogen-bond donors (Lipinski definition) is 0. The molecular weight excluding hydrogens is 250 g/mol. The van der Waals surface area contributed by atoms with Gasteiger partial charge in [0.25, 0.3) is 0 Å². The number of alkyl halides is 2.